The number of fused-ring (bicyclic) bond motifs is 1. The fraction of sp³-hybridized carbons (Fsp3) is 1.00. The molecule has 2 fully saturated rings. The maximum absolute atomic E-state index is 6.23. The highest BCUT2D eigenvalue weighted by atomic mass is 28.4. The van der Waals surface area contributed by atoms with Crippen molar-refractivity contribution < 1.29 is 4.43 Å². The molecule has 94 valence electrons. The van der Waals surface area contributed by atoms with E-state index in [2.05, 4.69) is 39.2 Å². The first kappa shape index (κ1) is 12.6. The SMILES string of the molecule is CC(C)(C)[Si](C)(C)OCC[C@@H]1C2CNC[C@H]21. The highest BCUT2D eigenvalue weighted by molar-refractivity contribution is 6.74. The molecule has 2 rings (SSSR count). The molecule has 1 aliphatic heterocycles. The van der Waals surface area contributed by atoms with Crippen molar-refractivity contribution in [1.82, 2.24) is 5.32 Å². The van der Waals surface area contributed by atoms with Crippen molar-refractivity contribution in [3.8, 4) is 0 Å². The summed E-state index contributed by atoms with van der Waals surface area (Å²) in [7, 11) is -1.50. The van der Waals surface area contributed by atoms with Gasteiger partial charge < -0.3 is 9.74 Å². The fourth-order valence-electron chi connectivity index (χ4n) is 2.64. The molecule has 1 unspecified atom stereocenters. The minimum absolute atomic E-state index is 0.355. The lowest BCUT2D eigenvalue weighted by Crippen LogP contribution is -2.41. The van der Waals surface area contributed by atoms with Gasteiger partial charge in [-0.3, -0.25) is 0 Å². The lowest BCUT2D eigenvalue weighted by atomic mass is 10.2. The van der Waals surface area contributed by atoms with Crippen molar-refractivity contribution in [2.75, 3.05) is 19.7 Å². The molecule has 1 N–H and O–H groups in total. The smallest absolute Gasteiger partial charge is 0.191 e. The summed E-state index contributed by atoms with van der Waals surface area (Å²) in [4.78, 5) is 0. The summed E-state index contributed by atoms with van der Waals surface area (Å²) >= 11 is 0. The van der Waals surface area contributed by atoms with Gasteiger partial charge in [-0.05, 0) is 55.4 Å². The van der Waals surface area contributed by atoms with Gasteiger partial charge in [0.1, 0.15) is 0 Å². The Kier molecular flexibility index (Phi) is 3.23. The van der Waals surface area contributed by atoms with Crippen LogP contribution in [0.15, 0.2) is 0 Å². The Labute approximate surface area is 101 Å². The second kappa shape index (κ2) is 4.11. The zero-order valence-electron chi connectivity index (χ0n) is 11.5. The van der Waals surface area contributed by atoms with E-state index >= 15 is 0 Å². The van der Waals surface area contributed by atoms with Crippen LogP contribution >= 0.6 is 0 Å². The van der Waals surface area contributed by atoms with Crippen LogP contribution in [0.4, 0.5) is 0 Å². The number of piperidine rings is 1. The summed E-state index contributed by atoms with van der Waals surface area (Å²) in [6.45, 7) is 15.2. The first-order valence-corrected chi connectivity index (χ1v) is 9.58. The molecule has 2 aliphatic rings. The zero-order valence-corrected chi connectivity index (χ0v) is 12.5. The van der Waals surface area contributed by atoms with Crippen LogP contribution in [-0.2, 0) is 4.43 Å². The molecule has 3 heteroatoms. The molecule has 0 aromatic carbocycles. The summed E-state index contributed by atoms with van der Waals surface area (Å²) in [5.74, 6) is 2.96. The molecular weight excluding hydrogens is 214 g/mol. The molecule has 1 saturated heterocycles. The van der Waals surface area contributed by atoms with E-state index in [1.807, 2.05) is 0 Å². The van der Waals surface area contributed by atoms with Crippen molar-refractivity contribution in [3.63, 3.8) is 0 Å². The highest BCUT2D eigenvalue weighted by Crippen LogP contribution is 2.50. The van der Waals surface area contributed by atoms with E-state index in [-0.39, 0.29) is 0 Å². The monoisotopic (exact) mass is 241 g/mol. The molecule has 0 radical (unpaired) electrons. The van der Waals surface area contributed by atoms with Gasteiger partial charge in [-0.1, -0.05) is 20.8 Å². The van der Waals surface area contributed by atoms with Gasteiger partial charge in [0.25, 0.3) is 0 Å². The lowest BCUT2D eigenvalue weighted by molar-refractivity contribution is 0.268. The van der Waals surface area contributed by atoms with Crippen molar-refractivity contribution in [2.45, 2.75) is 45.3 Å². The normalized spacial score (nSPS) is 33.9. The third-order valence-corrected chi connectivity index (χ3v) is 9.53. The molecule has 16 heavy (non-hydrogen) atoms. The molecule has 0 spiro atoms. The van der Waals surface area contributed by atoms with E-state index < -0.39 is 8.32 Å². The Morgan fingerprint density at radius 1 is 1.19 bits per heavy atom. The van der Waals surface area contributed by atoms with Crippen LogP contribution in [0.3, 0.4) is 0 Å². The summed E-state index contributed by atoms with van der Waals surface area (Å²) in [6, 6.07) is 0. The van der Waals surface area contributed by atoms with Crippen LogP contribution < -0.4 is 5.32 Å². The fourth-order valence-corrected chi connectivity index (χ4v) is 3.70. The number of hydrogen-bond donors (Lipinski definition) is 1. The predicted octanol–water partition coefficient (Wildman–Crippen LogP) is 2.86. The Hall–Kier alpha value is 0.137. The third kappa shape index (κ3) is 2.36. The predicted molar refractivity (Wildman–Crippen MR) is 71.1 cm³/mol. The van der Waals surface area contributed by atoms with Gasteiger partial charge in [0.05, 0.1) is 0 Å². The maximum Gasteiger partial charge on any atom is 0.191 e. The van der Waals surface area contributed by atoms with E-state index in [0.29, 0.717) is 5.04 Å². The molecular formula is C13H27NOSi. The summed E-state index contributed by atoms with van der Waals surface area (Å²) in [5, 5.41) is 3.81. The molecule has 0 aromatic rings. The van der Waals surface area contributed by atoms with Crippen LogP contribution in [0.5, 0.6) is 0 Å². The van der Waals surface area contributed by atoms with Crippen LogP contribution in [0.1, 0.15) is 27.2 Å². The molecule has 0 bridgehead atoms. The van der Waals surface area contributed by atoms with Crippen LogP contribution in [0, 0.1) is 17.8 Å². The minimum atomic E-state index is -1.50. The first-order chi connectivity index (χ1) is 7.33. The summed E-state index contributed by atoms with van der Waals surface area (Å²) < 4.78 is 6.23. The Morgan fingerprint density at radius 2 is 1.75 bits per heavy atom. The van der Waals surface area contributed by atoms with Crippen LogP contribution in [0.25, 0.3) is 0 Å². The molecule has 1 aliphatic carbocycles. The number of rotatable bonds is 4. The average Bonchev–Trinajstić information content (AvgIpc) is 2.57. The summed E-state index contributed by atoms with van der Waals surface area (Å²) in [5.41, 5.74) is 0. The van der Waals surface area contributed by atoms with Crippen molar-refractivity contribution in [3.05, 3.63) is 0 Å². The zero-order chi connectivity index (χ0) is 12.0. The van der Waals surface area contributed by atoms with Gasteiger partial charge in [0.15, 0.2) is 8.32 Å². The van der Waals surface area contributed by atoms with E-state index in [1.165, 1.54) is 19.5 Å². The largest absolute Gasteiger partial charge is 0.417 e. The van der Waals surface area contributed by atoms with Crippen molar-refractivity contribution in [2.24, 2.45) is 17.8 Å². The number of hydrogen-bond acceptors (Lipinski definition) is 2. The quantitative estimate of drug-likeness (QED) is 0.764. The lowest BCUT2D eigenvalue weighted by Gasteiger charge is -2.36. The Morgan fingerprint density at radius 3 is 2.25 bits per heavy atom. The van der Waals surface area contributed by atoms with Gasteiger partial charge >= 0.3 is 0 Å². The van der Waals surface area contributed by atoms with E-state index in [4.69, 9.17) is 4.43 Å². The van der Waals surface area contributed by atoms with E-state index in [9.17, 15) is 0 Å². The Bertz CT molecular complexity index is 249. The first-order valence-electron chi connectivity index (χ1n) is 6.67. The molecule has 0 aromatic heterocycles. The minimum Gasteiger partial charge on any atom is -0.417 e. The maximum atomic E-state index is 6.23. The van der Waals surface area contributed by atoms with Gasteiger partial charge in [-0.25, -0.2) is 0 Å². The molecule has 3 atom stereocenters. The molecule has 0 amide bonds. The third-order valence-electron chi connectivity index (χ3n) is 4.99. The second-order valence-electron chi connectivity index (χ2n) is 7.05. The van der Waals surface area contributed by atoms with Gasteiger partial charge in [-0.15, -0.1) is 0 Å². The van der Waals surface area contributed by atoms with Crippen molar-refractivity contribution in [1.29, 1.82) is 0 Å². The molecule has 1 heterocycles. The second-order valence-corrected chi connectivity index (χ2v) is 11.9. The van der Waals surface area contributed by atoms with Crippen LogP contribution in [0.2, 0.25) is 18.1 Å². The average molecular weight is 241 g/mol. The van der Waals surface area contributed by atoms with Crippen LogP contribution in [-0.4, -0.2) is 28.0 Å². The standard InChI is InChI=1S/C13H27NOSi/c1-13(2,3)16(4,5)15-7-6-10-11-8-14-9-12(10)11/h10-12,14H,6-9H2,1-5H3/t10-,11-,12?/m0/s1. The Balaban J connectivity index is 1.69. The topological polar surface area (TPSA) is 21.3 Å². The highest BCUT2D eigenvalue weighted by Gasteiger charge is 2.52. The van der Waals surface area contributed by atoms with Gasteiger partial charge in [0, 0.05) is 6.61 Å². The van der Waals surface area contributed by atoms with Crippen molar-refractivity contribution >= 4 is 8.32 Å². The molecule has 1 saturated carbocycles. The van der Waals surface area contributed by atoms with Gasteiger partial charge in [0.2, 0.25) is 0 Å². The van der Waals surface area contributed by atoms with E-state index in [1.54, 1.807) is 0 Å². The summed E-state index contributed by atoms with van der Waals surface area (Å²) in [6.07, 6.45) is 1.30. The van der Waals surface area contributed by atoms with Gasteiger partial charge in [-0.2, -0.15) is 0 Å². The van der Waals surface area contributed by atoms with E-state index in [0.717, 1.165) is 24.4 Å². The number of nitrogens with one attached hydrogen (secondary N) is 1. The molecule has 2 nitrogen and oxygen atoms in total.